The minimum Gasteiger partial charge on any atom is -0.374 e. The van der Waals surface area contributed by atoms with Crippen LogP contribution < -0.4 is 10.2 Å². The maximum Gasteiger partial charge on any atom is 0.248 e. The molecule has 0 radical (unpaired) electrons. The molecule has 0 spiro atoms. The van der Waals surface area contributed by atoms with Crippen molar-refractivity contribution in [3.63, 3.8) is 0 Å². The summed E-state index contributed by atoms with van der Waals surface area (Å²) in [4.78, 5) is 17.8. The van der Waals surface area contributed by atoms with Crippen molar-refractivity contribution in [1.82, 2.24) is 10.1 Å². The first-order valence-electron chi connectivity index (χ1n) is 7.96. The Morgan fingerprint density at radius 2 is 2.13 bits per heavy atom. The first kappa shape index (κ1) is 15.5. The lowest BCUT2D eigenvalue weighted by molar-refractivity contribution is -0.116. The fourth-order valence-electron chi connectivity index (χ4n) is 2.79. The van der Waals surface area contributed by atoms with Gasteiger partial charge < -0.3 is 14.7 Å². The smallest absolute Gasteiger partial charge is 0.248 e. The fraction of sp³-hybridized carbons (Fsp3) is 0.471. The first-order chi connectivity index (χ1) is 11.0. The zero-order valence-corrected chi connectivity index (χ0v) is 14.0. The van der Waals surface area contributed by atoms with Crippen molar-refractivity contribution >= 4 is 17.3 Å². The van der Waals surface area contributed by atoms with Crippen molar-refractivity contribution in [1.29, 1.82) is 0 Å². The lowest BCUT2D eigenvalue weighted by Crippen LogP contribution is -2.25. The molecule has 1 aromatic heterocycles. The molecule has 0 saturated heterocycles. The second-order valence-corrected chi connectivity index (χ2v) is 6.28. The molecule has 1 aromatic carbocycles. The van der Waals surface area contributed by atoms with Gasteiger partial charge in [0.2, 0.25) is 11.8 Å². The van der Waals surface area contributed by atoms with Gasteiger partial charge in [0.15, 0.2) is 5.82 Å². The van der Waals surface area contributed by atoms with Gasteiger partial charge >= 0.3 is 0 Å². The predicted molar refractivity (Wildman–Crippen MR) is 88.6 cm³/mol. The monoisotopic (exact) mass is 314 g/mol. The van der Waals surface area contributed by atoms with E-state index in [2.05, 4.69) is 21.5 Å². The Bertz CT molecular complexity index is 723. The van der Waals surface area contributed by atoms with E-state index in [1.54, 1.807) is 6.92 Å². The SMILES string of the molecule is CC(=O)N1CCc2cc(N[C@@H](C)c3nc(C(C)C)no3)ccc21. The van der Waals surface area contributed by atoms with Crippen molar-refractivity contribution in [2.45, 2.75) is 46.1 Å². The summed E-state index contributed by atoms with van der Waals surface area (Å²) in [6.45, 7) is 8.42. The van der Waals surface area contributed by atoms with E-state index in [4.69, 9.17) is 4.52 Å². The van der Waals surface area contributed by atoms with Gasteiger partial charge in [-0.05, 0) is 37.1 Å². The molecule has 1 atom stereocenters. The highest BCUT2D eigenvalue weighted by Gasteiger charge is 2.23. The Kier molecular flexibility index (Phi) is 4.07. The van der Waals surface area contributed by atoms with Gasteiger partial charge in [0.05, 0.1) is 0 Å². The molecule has 1 aliphatic heterocycles. The number of aromatic nitrogens is 2. The number of anilines is 2. The third-order valence-electron chi connectivity index (χ3n) is 4.08. The van der Waals surface area contributed by atoms with Crippen LogP contribution in [0.5, 0.6) is 0 Å². The second kappa shape index (κ2) is 6.02. The molecule has 6 heteroatoms. The Balaban J connectivity index is 1.74. The maximum absolute atomic E-state index is 11.6. The summed E-state index contributed by atoms with van der Waals surface area (Å²) in [5.41, 5.74) is 3.19. The largest absolute Gasteiger partial charge is 0.374 e. The summed E-state index contributed by atoms with van der Waals surface area (Å²) in [5.74, 6) is 1.64. The third-order valence-corrected chi connectivity index (χ3v) is 4.08. The standard InChI is InChI=1S/C17H22N4O2/c1-10(2)16-19-17(23-20-16)11(3)18-14-5-6-15-13(9-14)7-8-21(15)12(4)22/h5-6,9-11,18H,7-8H2,1-4H3/t11-/m0/s1. The van der Waals surface area contributed by atoms with Crippen LogP contribution in [0.25, 0.3) is 0 Å². The Hall–Kier alpha value is -2.37. The zero-order valence-electron chi connectivity index (χ0n) is 14.0. The molecule has 6 nitrogen and oxygen atoms in total. The van der Waals surface area contributed by atoms with Crippen molar-refractivity contribution in [3.05, 3.63) is 35.5 Å². The lowest BCUT2D eigenvalue weighted by atomic mass is 10.1. The number of rotatable bonds is 4. The van der Waals surface area contributed by atoms with Gasteiger partial charge in [0.25, 0.3) is 0 Å². The van der Waals surface area contributed by atoms with E-state index in [0.29, 0.717) is 5.89 Å². The Morgan fingerprint density at radius 3 is 2.78 bits per heavy atom. The highest BCUT2D eigenvalue weighted by Crippen LogP contribution is 2.31. The second-order valence-electron chi connectivity index (χ2n) is 6.28. The van der Waals surface area contributed by atoms with Crippen LogP contribution in [0.1, 0.15) is 56.9 Å². The van der Waals surface area contributed by atoms with E-state index < -0.39 is 0 Å². The van der Waals surface area contributed by atoms with Crippen LogP contribution in [0.15, 0.2) is 22.7 Å². The van der Waals surface area contributed by atoms with Crippen LogP contribution >= 0.6 is 0 Å². The highest BCUT2D eigenvalue weighted by atomic mass is 16.5. The number of amides is 1. The summed E-state index contributed by atoms with van der Waals surface area (Å²) in [7, 11) is 0. The molecule has 1 N–H and O–H groups in total. The average molecular weight is 314 g/mol. The van der Waals surface area contributed by atoms with E-state index in [1.165, 1.54) is 5.56 Å². The van der Waals surface area contributed by atoms with Crippen LogP contribution in [0.3, 0.4) is 0 Å². The number of nitrogens with zero attached hydrogens (tertiary/aromatic N) is 3. The number of hydrogen-bond acceptors (Lipinski definition) is 5. The molecule has 1 aliphatic rings. The van der Waals surface area contributed by atoms with Crippen LogP contribution in [0, 0.1) is 0 Å². The summed E-state index contributed by atoms with van der Waals surface area (Å²) >= 11 is 0. The molecule has 23 heavy (non-hydrogen) atoms. The topological polar surface area (TPSA) is 71.3 Å². The van der Waals surface area contributed by atoms with Crippen molar-refractivity contribution in [3.8, 4) is 0 Å². The average Bonchev–Trinajstić information content (AvgIpc) is 3.13. The predicted octanol–water partition coefficient (Wildman–Crippen LogP) is 3.28. The first-order valence-corrected chi connectivity index (χ1v) is 7.96. The van der Waals surface area contributed by atoms with Crippen molar-refractivity contribution < 1.29 is 9.32 Å². The van der Waals surface area contributed by atoms with Crippen LogP contribution in [0.4, 0.5) is 11.4 Å². The van der Waals surface area contributed by atoms with Gasteiger partial charge in [-0.2, -0.15) is 4.98 Å². The van der Waals surface area contributed by atoms with Gasteiger partial charge in [-0.1, -0.05) is 19.0 Å². The minimum atomic E-state index is -0.0710. The number of carbonyl (C=O) groups is 1. The van der Waals surface area contributed by atoms with Crippen LogP contribution in [-0.4, -0.2) is 22.6 Å². The van der Waals surface area contributed by atoms with Gasteiger partial charge in [0, 0.05) is 30.8 Å². The Labute approximate surface area is 135 Å². The minimum absolute atomic E-state index is 0.0710. The molecular formula is C17H22N4O2. The molecule has 1 amide bonds. The maximum atomic E-state index is 11.6. The number of nitrogens with one attached hydrogen (secondary N) is 1. The van der Waals surface area contributed by atoms with E-state index in [-0.39, 0.29) is 17.9 Å². The van der Waals surface area contributed by atoms with Gasteiger partial charge in [-0.25, -0.2) is 0 Å². The molecule has 122 valence electrons. The number of carbonyl (C=O) groups excluding carboxylic acids is 1. The lowest BCUT2D eigenvalue weighted by Gasteiger charge is -2.16. The van der Waals surface area contributed by atoms with Crippen molar-refractivity contribution in [2.24, 2.45) is 0 Å². The molecule has 0 fully saturated rings. The quantitative estimate of drug-likeness (QED) is 0.937. The van der Waals surface area contributed by atoms with E-state index in [1.807, 2.05) is 37.8 Å². The molecule has 2 aromatic rings. The fourth-order valence-corrected chi connectivity index (χ4v) is 2.79. The number of benzene rings is 1. The molecule has 3 rings (SSSR count). The van der Waals surface area contributed by atoms with E-state index >= 15 is 0 Å². The van der Waals surface area contributed by atoms with Gasteiger partial charge in [-0.3, -0.25) is 4.79 Å². The summed E-state index contributed by atoms with van der Waals surface area (Å²) in [5, 5.41) is 7.38. The normalized spacial score (nSPS) is 14.9. The molecule has 0 aliphatic carbocycles. The van der Waals surface area contributed by atoms with Gasteiger partial charge in [-0.15, -0.1) is 0 Å². The summed E-state index contributed by atoms with van der Waals surface area (Å²) < 4.78 is 5.32. The van der Waals surface area contributed by atoms with E-state index in [9.17, 15) is 4.79 Å². The molecule has 0 saturated carbocycles. The highest BCUT2D eigenvalue weighted by molar-refractivity contribution is 5.94. The number of hydrogen-bond donors (Lipinski definition) is 1. The zero-order chi connectivity index (χ0) is 16.6. The van der Waals surface area contributed by atoms with Crippen LogP contribution in [0.2, 0.25) is 0 Å². The third kappa shape index (κ3) is 3.06. The molecule has 0 unspecified atom stereocenters. The summed E-state index contributed by atoms with van der Waals surface area (Å²) in [6.07, 6.45) is 0.886. The Morgan fingerprint density at radius 1 is 1.35 bits per heavy atom. The molecule has 2 heterocycles. The van der Waals surface area contributed by atoms with Crippen molar-refractivity contribution in [2.75, 3.05) is 16.8 Å². The van der Waals surface area contributed by atoms with Gasteiger partial charge in [0.1, 0.15) is 6.04 Å². The summed E-state index contributed by atoms with van der Waals surface area (Å²) in [6, 6.07) is 6.00. The molecular weight excluding hydrogens is 292 g/mol. The van der Waals surface area contributed by atoms with E-state index in [0.717, 1.165) is 30.2 Å². The molecule has 0 bridgehead atoms. The number of fused-ring (bicyclic) bond motifs is 1. The van der Waals surface area contributed by atoms with Crippen LogP contribution in [-0.2, 0) is 11.2 Å².